The molecule has 0 aliphatic carbocycles. The van der Waals surface area contributed by atoms with Gasteiger partial charge in [-0.25, -0.2) is 19.4 Å². The molecule has 1 fully saturated rings. The lowest BCUT2D eigenvalue weighted by Gasteiger charge is -2.35. The molecule has 0 atom stereocenters. The average Bonchev–Trinajstić information content (AvgIpc) is 2.69. The molecular formula is C18H23FN6O. The van der Waals surface area contributed by atoms with Gasteiger partial charge in [-0.15, -0.1) is 0 Å². The molecule has 1 saturated heterocycles. The van der Waals surface area contributed by atoms with Gasteiger partial charge >= 0.3 is 0 Å². The van der Waals surface area contributed by atoms with E-state index in [1.54, 1.807) is 37.7 Å². The largest absolute Gasteiger partial charge is 0.380 e. The van der Waals surface area contributed by atoms with E-state index < -0.39 is 0 Å². The summed E-state index contributed by atoms with van der Waals surface area (Å²) in [7, 11) is 1.54. The van der Waals surface area contributed by atoms with Crippen molar-refractivity contribution in [2.75, 3.05) is 38.2 Å². The molecule has 138 valence electrons. The maximum absolute atomic E-state index is 13.7. The number of methoxy groups -OCH3 is 1. The lowest BCUT2D eigenvalue weighted by molar-refractivity contribution is 0.181. The number of aromatic nitrogens is 2. The molecule has 26 heavy (non-hydrogen) atoms. The van der Waals surface area contributed by atoms with E-state index in [0.717, 1.165) is 37.7 Å². The standard InChI is InChI=1S/C18H23FN6O/c1-26-13-15-11-14(3-4-16(15)19)12-23-17(20)24-7-9-25(10-8-24)18-21-5-2-6-22-18/h2-6,11H,7-10,12-13H2,1H3,(H2,20,23). The van der Waals surface area contributed by atoms with Crippen molar-refractivity contribution in [1.82, 2.24) is 14.9 Å². The van der Waals surface area contributed by atoms with E-state index in [-0.39, 0.29) is 12.4 Å². The van der Waals surface area contributed by atoms with Crippen LogP contribution >= 0.6 is 0 Å². The maximum Gasteiger partial charge on any atom is 0.225 e. The molecule has 0 spiro atoms. The molecule has 1 aliphatic heterocycles. The monoisotopic (exact) mass is 358 g/mol. The van der Waals surface area contributed by atoms with E-state index >= 15 is 0 Å². The van der Waals surface area contributed by atoms with E-state index in [0.29, 0.717) is 18.1 Å². The summed E-state index contributed by atoms with van der Waals surface area (Å²) >= 11 is 0. The van der Waals surface area contributed by atoms with Gasteiger partial charge in [-0.3, -0.25) is 0 Å². The Labute approximate surface area is 152 Å². The fourth-order valence-corrected chi connectivity index (χ4v) is 2.85. The highest BCUT2D eigenvalue weighted by molar-refractivity contribution is 5.78. The van der Waals surface area contributed by atoms with Crippen molar-refractivity contribution < 1.29 is 9.13 Å². The molecule has 2 aromatic rings. The van der Waals surface area contributed by atoms with Crippen molar-refractivity contribution in [3.8, 4) is 0 Å². The van der Waals surface area contributed by atoms with Gasteiger partial charge in [0.1, 0.15) is 5.82 Å². The molecule has 2 N–H and O–H groups in total. The maximum atomic E-state index is 13.7. The van der Waals surface area contributed by atoms with Crippen LogP contribution in [-0.4, -0.2) is 54.1 Å². The normalized spacial score (nSPS) is 15.4. The number of aliphatic imine (C=N–C) groups is 1. The topological polar surface area (TPSA) is 79.9 Å². The lowest BCUT2D eigenvalue weighted by atomic mass is 10.1. The number of anilines is 1. The molecule has 1 aromatic heterocycles. The van der Waals surface area contributed by atoms with Gasteiger partial charge in [0.25, 0.3) is 0 Å². The number of hydrogen-bond donors (Lipinski definition) is 1. The van der Waals surface area contributed by atoms with Crippen molar-refractivity contribution in [2.45, 2.75) is 13.2 Å². The highest BCUT2D eigenvalue weighted by atomic mass is 19.1. The first-order valence-corrected chi connectivity index (χ1v) is 8.50. The second-order valence-electron chi connectivity index (χ2n) is 6.06. The van der Waals surface area contributed by atoms with Crippen LogP contribution in [-0.2, 0) is 17.9 Å². The fourth-order valence-electron chi connectivity index (χ4n) is 2.85. The Morgan fingerprint density at radius 2 is 1.96 bits per heavy atom. The summed E-state index contributed by atoms with van der Waals surface area (Å²) in [6.07, 6.45) is 3.48. The third-order valence-corrected chi connectivity index (χ3v) is 4.27. The molecule has 1 aliphatic rings. The van der Waals surface area contributed by atoms with Crippen LogP contribution in [0.15, 0.2) is 41.7 Å². The summed E-state index contributed by atoms with van der Waals surface area (Å²) in [6, 6.07) is 6.72. The van der Waals surface area contributed by atoms with Crippen LogP contribution in [0.3, 0.4) is 0 Å². The number of guanidine groups is 1. The molecular weight excluding hydrogens is 335 g/mol. The van der Waals surface area contributed by atoms with Crippen LogP contribution in [0.5, 0.6) is 0 Å². The zero-order chi connectivity index (χ0) is 18.4. The van der Waals surface area contributed by atoms with Gasteiger partial charge in [-0.1, -0.05) is 6.07 Å². The van der Waals surface area contributed by atoms with Crippen LogP contribution in [0.1, 0.15) is 11.1 Å². The number of nitrogens with zero attached hydrogens (tertiary/aromatic N) is 5. The van der Waals surface area contributed by atoms with Gasteiger partial charge in [0.05, 0.1) is 13.2 Å². The smallest absolute Gasteiger partial charge is 0.225 e. The van der Waals surface area contributed by atoms with E-state index in [9.17, 15) is 4.39 Å². The number of nitrogens with two attached hydrogens (primary N) is 1. The van der Waals surface area contributed by atoms with E-state index in [1.165, 1.54) is 6.07 Å². The molecule has 7 nitrogen and oxygen atoms in total. The molecule has 3 rings (SSSR count). The predicted octanol–water partition coefficient (Wildman–Crippen LogP) is 1.40. The van der Waals surface area contributed by atoms with Gasteiger partial charge < -0.3 is 20.3 Å². The lowest BCUT2D eigenvalue weighted by Crippen LogP contribution is -2.51. The van der Waals surface area contributed by atoms with Gasteiger partial charge in [-0.2, -0.15) is 0 Å². The van der Waals surface area contributed by atoms with Crippen LogP contribution < -0.4 is 10.6 Å². The minimum Gasteiger partial charge on any atom is -0.380 e. The molecule has 1 aromatic carbocycles. The van der Waals surface area contributed by atoms with E-state index in [4.69, 9.17) is 10.5 Å². The molecule has 0 amide bonds. The number of benzene rings is 1. The van der Waals surface area contributed by atoms with Gasteiger partial charge in [0, 0.05) is 51.2 Å². The van der Waals surface area contributed by atoms with Crippen LogP contribution in [0.25, 0.3) is 0 Å². The summed E-state index contributed by atoms with van der Waals surface area (Å²) in [5, 5.41) is 0. The highest BCUT2D eigenvalue weighted by Gasteiger charge is 2.19. The first-order chi connectivity index (χ1) is 12.7. The Morgan fingerprint density at radius 1 is 1.23 bits per heavy atom. The summed E-state index contributed by atoms with van der Waals surface area (Å²) in [5.41, 5.74) is 7.56. The van der Waals surface area contributed by atoms with Crippen molar-refractivity contribution in [3.63, 3.8) is 0 Å². The predicted molar refractivity (Wildman–Crippen MR) is 98.3 cm³/mol. The first-order valence-electron chi connectivity index (χ1n) is 8.50. The summed E-state index contributed by atoms with van der Waals surface area (Å²) < 4.78 is 18.7. The molecule has 8 heteroatoms. The molecule has 0 bridgehead atoms. The van der Waals surface area contributed by atoms with Crippen LogP contribution in [0, 0.1) is 5.82 Å². The summed E-state index contributed by atoms with van der Waals surface area (Å²) in [5.74, 6) is 0.961. The van der Waals surface area contributed by atoms with Crippen molar-refractivity contribution in [3.05, 3.63) is 53.6 Å². The zero-order valence-corrected chi connectivity index (χ0v) is 14.8. The molecule has 2 heterocycles. The third-order valence-electron chi connectivity index (χ3n) is 4.27. The molecule has 0 saturated carbocycles. The fraction of sp³-hybridized carbons (Fsp3) is 0.389. The zero-order valence-electron chi connectivity index (χ0n) is 14.8. The summed E-state index contributed by atoms with van der Waals surface area (Å²) in [4.78, 5) is 17.2. The number of rotatable bonds is 5. The van der Waals surface area contributed by atoms with Gasteiger partial charge in [0.2, 0.25) is 5.95 Å². The highest BCUT2D eigenvalue weighted by Crippen LogP contribution is 2.13. The minimum atomic E-state index is -0.271. The minimum absolute atomic E-state index is 0.238. The van der Waals surface area contributed by atoms with Gasteiger partial charge in [0.15, 0.2) is 5.96 Å². The van der Waals surface area contributed by atoms with Crippen molar-refractivity contribution in [1.29, 1.82) is 0 Å². The summed E-state index contributed by atoms with van der Waals surface area (Å²) in [6.45, 7) is 3.73. The third kappa shape index (κ3) is 4.45. The Balaban J connectivity index is 1.56. The van der Waals surface area contributed by atoms with Crippen molar-refractivity contribution in [2.24, 2.45) is 10.7 Å². The van der Waals surface area contributed by atoms with E-state index in [2.05, 4.69) is 19.9 Å². The number of hydrogen-bond acceptors (Lipinski definition) is 5. The van der Waals surface area contributed by atoms with E-state index in [1.807, 2.05) is 4.90 Å². The molecule has 0 radical (unpaired) electrons. The number of ether oxygens (including phenoxy) is 1. The van der Waals surface area contributed by atoms with Crippen molar-refractivity contribution >= 4 is 11.9 Å². The van der Waals surface area contributed by atoms with Gasteiger partial charge in [-0.05, 0) is 23.8 Å². The number of piperazine rings is 1. The van der Waals surface area contributed by atoms with Crippen LogP contribution in [0.2, 0.25) is 0 Å². The second-order valence-corrected chi connectivity index (χ2v) is 6.06. The second kappa shape index (κ2) is 8.57. The van der Waals surface area contributed by atoms with Crippen LogP contribution in [0.4, 0.5) is 10.3 Å². The Bertz CT molecular complexity index is 747. The Hall–Kier alpha value is -2.74. The average molecular weight is 358 g/mol. The molecule has 0 unspecified atom stereocenters. The Kier molecular flexibility index (Phi) is 5.96. The first kappa shape index (κ1) is 18.1. The number of halogens is 1. The SMILES string of the molecule is COCc1cc(CN=C(N)N2CCN(c3ncccn3)CC2)ccc1F. The quantitative estimate of drug-likeness (QED) is 0.643. The Morgan fingerprint density at radius 3 is 2.65 bits per heavy atom.